The van der Waals surface area contributed by atoms with Gasteiger partial charge in [0, 0.05) is 25.1 Å². The first-order valence-corrected chi connectivity index (χ1v) is 8.55. The van der Waals surface area contributed by atoms with E-state index in [0.717, 1.165) is 24.2 Å². The molecule has 0 saturated carbocycles. The van der Waals surface area contributed by atoms with Crippen molar-refractivity contribution in [3.63, 3.8) is 0 Å². The van der Waals surface area contributed by atoms with Crippen molar-refractivity contribution in [2.75, 3.05) is 26.7 Å². The third-order valence-corrected chi connectivity index (χ3v) is 4.52. The van der Waals surface area contributed by atoms with Gasteiger partial charge in [0.1, 0.15) is 6.54 Å². The average molecular weight is 344 g/mol. The average Bonchev–Trinajstić information content (AvgIpc) is 2.92. The number of rotatable bonds is 5. The van der Waals surface area contributed by atoms with Crippen LogP contribution in [0.1, 0.15) is 12.6 Å². The number of likely N-dealkylation sites (N-methyl/N-ethyl adjacent to an activating group) is 1. The molecule has 0 unspecified atom stereocenters. The number of fused-ring (bicyclic) bond motifs is 1. The molecular weight excluding hydrogens is 320 g/mol. The molecule has 1 saturated heterocycles. The van der Waals surface area contributed by atoms with Crippen LogP contribution in [0.25, 0.3) is 10.8 Å². The summed E-state index contributed by atoms with van der Waals surface area (Å²) in [6.07, 6.45) is -0.0260. The monoisotopic (exact) mass is 344 g/mol. The maximum absolute atomic E-state index is 12.6. The first kappa shape index (κ1) is 17.6. The molecule has 1 amide bonds. The van der Waals surface area contributed by atoms with Crippen LogP contribution in [0.5, 0.6) is 0 Å². The van der Waals surface area contributed by atoms with Gasteiger partial charge in [0.2, 0.25) is 5.91 Å². The van der Waals surface area contributed by atoms with Crippen LogP contribution in [0.3, 0.4) is 0 Å². The fourth-order valence-corrected chi connectivity index (χ4v) is 3.38. The number of nitrogens with one attached hydrogen (secondary N) is 1. The molecule has 1 aliphatic rings. The van der Waals surface area contributed by atoms with E-state index in [-0.39, 0.29) is 30.2 Å². The molecule has 3 rings (SSSR count). The van der Waals surface area contributed by atoms with Crippen LogP contribution >= 0.6 is 0 Å². The number of carbonyl (C=O) groups excluding carboxylic acids is 1. The highest BCUT2D eigenvalue weighted by Crippen LogP contribution is 2.13. The van der Waals surface area contributed by atoms with Gasteiger partial charge in [-0.25, -0.2) is 4.68 Å². The molecule has 0 radical (unpaired) electrons. The number of hydrogen-bond donors (Lipinski definition) is 1. The summed E-state index contributed by atoms with van der Waals surface area (Å²) in [4.78, 5) is 27.1. The summed E-state index contributed by atoms with van der Waals surface area (Å²) in [6, 6.07) is 7.24. The fourth-order valence-electron chi connectivity index (χ4n) is 3.38. The number of benzene rings is 1. The van der Waals surface area contributed by atoms with E-state index in [9.17, 15) is 9.59 Å². The van der Waals surface area contributed by atoms with Gasteiger partial charge in [0.15, 0.2) is 0 Å². The Hall–Kier alpha value is -2.25. The number of aromatic nitrogens is 2. The topological polar surface area (TPSA) is 76.5 Å². The number of ether oxygens (including phenoxy) is 1. The molecule has 0 bridgehead atoms. The zero-order chi connectivity index (χ0) is 18.0. The van der Waals surface area contributed by atoms with Gasteiger partial charge in [-0.1, -0.05) is 18.2 Å². The quantitative estimate of drug-likeness (QED) is 0.857. The van der Waals surface area contributed by atoms with Crippen molar-refractivity contribution in [1.82, 2.24) is 20.0 Å². The van der Waals surface area contributed by atoms with Crippen molar-refractivity contribution >= 4 is 16.7 Å². The van der Waals surface area contributed by atoms with Crippen molar-refractivity contribution in [3.8, 4) is 0 Å². The van der Waals surface area contributed by atoms with E-state index in [4.69, 9.17) is 4.74 Å². The largest absolute Gasteiger partial charge is 0.375 e. The fraction of sp³-hybridized carbons (Fsp3) is 0.500. The molecule has 7 heteroatoms. The Morgan fingerprint density at radius 1 is 1.32 bits per heavy atom. The molecule has 1 fully saturated rings. The van der Waals surface area contributed by atoms with Gasteiger partial charge in [0.25, 0.3) is 5.56 Å². The minimum atomic E-state index is -0.249. The van der Waals surface area contributed by atoms with E-state index in [0.29, 0.717) is 12.0 Å². The molecule has 0 aliphatic carbocycles. The predicted octanol–water partition coefficient (Wildman–Crippen LogP) is 0.540. The molecule has 1 aliphatic heterocycles. The van der Waals surface area contributed by atoms with Gasteiger partial charge in [-0.3, -0.25) is 9.59 Å². The predicted molar refractivity (Wildman–Crippen MR) is 95.6 cm³/mol. The molecule has 25 heavy (non-hydrogen) atoms. The van der Waals surface area contributed by atoms with Crippen molar-refractivity contribution in [2.24, 2.45) is 0 Å². The molecule has 0 spiro atoms. The summed E-state index contributed by atoms with van der Waals surface area (Å²) < 4.78 is 6.93. The lowest BCUT2D eigenvalue weighted by molar-refractivity contribution is -0.123. The Labute approximate surface area is 146 Å². The second-order valence-electron chi connectivity index (χ2n) is 6.48. The standard InChI is InChI=1S/C18H24N4O3/c1-4-25-16-10-21(3)9-15(16)19-17(23)11-22-18(24)14-8-6-5-7-13(14)12(2)20-22/h5-8,15-16H,4,9-11H2,1-3H3,(H,19,23)/t15-,16-/m1/s1. The highest BCUT2D eigenvalue weighted by atomic mass is 16.5. The molecule has 1 aromatic heterocycles. The van der Waals surface area contributed by atoms with Crippen molar-refractivity contribution < 1.29 is 9.53 Å². The summed E-state index contributed by atoms with van der Waals surface area (Å²) in [5.41, 5.74) is 0.483. The minimum absolute atomic E-state index is 0.0260. The summed E-state index contributed by atoms with van der Waals surface area (Å²) in [7, 11) is 2.00. The second kappa shape index (κ2) is 7.33. The maximum atomic E-state index is 12.6. The van der Waals surface area contributed by atoms with Gasteiger partial charge in [-0.15, -0.1) is 0 Å². The Morgan fingerprint density at radius 2 is 2.04 bits per heavy atom. The molecular formula is C18H24N4O3. The van der Waals surface area contributed by atoms with E-state index in [1.807, 2.05) is 39.1 Å². The van der Waals surface area contributed by atoms with Gasteiger partial charge >= 0.3 is 0 Å². The smallest absolute Gasteiger partial charge is 0.275 e. The lowest BCUT2D eigenvalue weighted by Crippen LogP contribution is -2.46. The van der Waals surface area contributed by atoms with E-state index in [1.165, 1.54) is 4.68 Å². The highest BCUT2D eigenvalue weighted by molar-refractivity contribution is 5.83. The maximum Gasteiger partial charge on any atom is 0.275 e. The van der Waals surface area contributed by atoms with Crippen molar-refractivity contribution in [3.05, 3.63) is 40.3 Å². The zero-order valence-electron chi connectivity index (χ0n) is 14.9. The molecule has 2 heterocycles. The van der Waals surface area contributed by atoms with Crippen LogP contribution < -0.4 is 10.9 Å². The second-order valence-corrected chi connectivity index (χ2v) is 6.48. The summed E-state index contributed by atoms with van der Waals surface area (Å²) >= 11 is 0. The van der Waals surface area contributed by atoms with E-state index in [2.05, 4.69) is 15.3 Å². The Morgan fingerprint density at radius 3 is 2.76 bits per heavy atom. The summed E-state index contributed by atoms with van der Waals surface area (Å²) in [6.45, 7) is 5.81. The molecule has 134 valence electrons. The van der Waals surface area contributed by atoms with Gasteiger partial charge in [-0.05, 0) is 27.0 Å². The highest BCUT2D eigenvalue weighted by Gasteiger charge is 2.32. The summed E-state index contributed by atoms with van der Waals surface area (Å²) in [5, 5.41) is 8.67. The van der Waals surface area contributed by atoms with Crippen LogP contribution in [-0.4, -0.2) is 59.5 Å². The Balaban J connectivity index is 1.76. The third-order valence-electron chi connectivity index (χ3n) is 4.52. The van der Waals surface area contributed by atoms with Crippen LogP contribution in [0.2, 0.25) is 0 Å². The van der Waals surface area contributed by atoms with Gasteiger partial charge < -0.3 is 15.0 Å². The molecule has 2 aromatic rings. The molecule has 1 aromatic carbocycles. The first-order chi connectivity index (χ1) is 12.0. The lowest BCUT2D eigenvalue weighted by Gasteiger charge is -2.20. The van der Waals surface area contributed by atoms with Crippen LogP contribution in [0.15, 0.2) is 29.1 Å². The van der Waals surface area contributed by atoms with Crippen LogP contribution in [-0.2, 0) is 16.1 Å². The van der Waals surface area contributed by atoms with Gasteiger partial charge in [0.05, 0.1) is 23.2 Å². The van der Waals surface area contributed by atoms with E-state index < -0.39 is 0 Å². The number of nitrogens with zero attached hydrogens (tertiary/aromatic N) is 3. The minimum Gasteiger partial charge on any atom is -0.375 e. The van der Waals surface area contributed by atoms with Crippen molar-refractivity contribution in [1.29, 1.82) is 0 Å². The van der Waals surface area contributed by atoms with Crippen molar-refractivity contribution in [2.45, 2.75) is 32.5 Å². The Bertz CT molecular complexity index is 833. The van der Waals surface area contributed by atoms with Gasteiger partial charge in [-0.2, -0.15) is 5.10 Å². The number of aryl methyl sites for hydroxylation is 1. The number of amides is 1. The van der Waals surface area contributed by atoms with E-state index in [1.54, 1.807) is 6.07 Å². The first-order valence-electron chi connectivity index (χ1n) is 8.55. The summed E-state index contributed by atoms with van der Waals surface area (Å²) in [5.74, 6) is -0.228. The third kappa shape index (κ3) is 3.72. The molecule has 1 N–H and O–H groups in total. The number of carbonyl (C=O) groups is 1. The lowest BCUT2D eigenvalue weighted by atomic mass is 10.1. The molecule has 7 nitrogen and oxygen atoms in total. The SMILES string of the molecule is CCO[C@@H]1CN(C)C[C@H]1NC(=O)Cn1nc(C)c2ccccc2c1=O. The van der Waals surface area contributed by atoms with Crippen LogP contribution in [0.4, 0.5) is 0 Å². The van der Waals surface area contributed by atoms with Crippen LogP contribution in [0, 0.1) is 6.92 Å². The zero-order valence-corrected chi connectivity index (χ0v) is 14.9. The molecule has 2 atom stereocenters. The normalized spacial score (nSPS) is 20.9. The number of hydrogen-bond acceptors (Lipinski definition) is 5. The Kier molecular flexibility index (Phi) is 5.15. The number of likely N-dealkylation sites (tertiary alicyclic amines) is 1. The van der Waals surface area contributed by atoms with E-state index >= 15 is 0 Å².